The Morgan fingerprint density at radius 2 is 1.88 bits per heavy atom. The van der Waals surface area contributed by atoms with Crippen molar-refractivity contribution in [2.24, 2.45) is 5.41 Å². The lowest BCUT2D eigenvalue weighted by Gasteiger charge is -2.53. The van der Waals surface area contributed by atoms with E-state index in [-0.39, 0.29) is 0 Å². The molecule has 1 saturated carbocycles. The smallest absolute Gasteiger partial charge is 0.0658 e. The van der Waals surface area contributed by atoms with Crippen LogP contribution in [0.2, 0.25) is 0 Å². The first kappa shape index (κ1) is 15.0. The molecular weight excluding hydrogens is 210 g/mol. The molecule has 102 valence electrons. The minimum atomic E-state index is 0.359. The summed E-state index contributed by atoms with van der Waals surface area (Å²) in [4.78, 5) is 0. The quantitative estimate of drug-likeness (QED) is 0.621. The normalized spacial score (nSPS) is 32.5. The molecule has 0 aromatic rings. The molecule has 0 bridgehead atoms. The Morgan fingerprint density at radius 1 is 1.18 bits per heavy atom. The Labute approximate surface area is 108 Å². The zero-order valence-corrected chi connectivity index (χ0v) is 12.2. The van der Waals surface area contributed by atoms with Crippen LogP contribution in [-0.2, 0) is 4.74 Å². The van der Waals surface area contributed by atoms with Crippen LogP contribution >= 0.6 is 0 Å². The second-order valence-corrected chi connectivity index (χ2v) is 5.71. The van der Waals surface area contributed by atoms with Gasteiger partial charge in [-0.1, -0.05) is 46.5 Å². The Bertz CT molecular complexity index is 207. The second kappa shape index (κ2) is 7.38. The monoisotopic (exact) mass is 241 g/mol. The molecule has 1 aliphatic carbocycles. The minimum Gasteiger partial charge on any atom is -0.378 e. The van der Waals surface area contributed by atoms with Crippen LogP contribution in [0.5, 0.6) is 0 Å². The molecule has 0 aromatic carbocycles. The molecule has 0 amide bonds. The summed E-state index contributed by atoms with van der Waals surface area (Å²) < 4.78 is 6.06. The molecule has 3 atom stereocenters. The van der Waals surface area contributed by atoms with Gasteiger partial charge in [-0.3, -0.25) is 0 Å². The van der Waals surface area contributed by atoms with E-state index in [0.29, 0.717) is 17.6 Å². The molecule has 2 nitrogen and oxygen atoms in total. The highest BCUT2D eigenvalue weighted by atomic mass is 16.5. The highest BCUT2D eigenvalue weighted by molar-refractivity contribution is 5.04. The maximum Gasteiger partial charge on any atom is 0.0658 e. The first-order valence-corrected chi connectivity index (χ1v) is 7.47. The SMILES string of the molecule is CCCCCCCOC1CC(NC)C1(C)CC. The maximum atomic E-state index is 6.06. The Morgan fingerprint density at radius 3 is 2.47 bits per heavy atom. The molecule has 0 aliphatic heterocycles. The fourth-order valence-corrected chi connectivity index (χ4v) is 2.93. The van der Waals surface area contributed by atoms with Crippen LogP contribution in [0.25, 0.3) is 0 Å². The molecule has 1 N–H and O–H groups in total. The molecule has 17 heavy (non-hydrogen) atoms. The summed E-state index contributed by atoms with van der Waals surface area (Å²) in [6, 6.07) is 0.651. The van der Waals surface area contributed by atoms with E-state index in [0.717, 1.165) is 6.61 Å². The van der Waals surface area contributed by atoms with Crippen molar-refractivity contribution in [2.45, 2.75) is 77.9 Å². The minimum absolute atomic E-state index is 0.359. The summed E-state index contributed by atoms with van der Waals surface area (Å²) in [5, 5.41) is 3.41. The summed E-state index contributed by atoms with van der Waals surface area (Å²) in [5.74, 6) is 0. The molecule has 0 aromatic heterocycles. The topological polar surface area (TPSA) is 21.3 Å². The fraction of sp³-hybridized carbons (Fsp3) is 1.00. The van der Waals surface area contributed by atoms with E-state index in [9.17, 15) is 0 Å². The van der Waals surface area contributed by atoms with Crippen LogP contribution in [0, 0.1) is 5.41 Å². The summed E-state index contributed by atoms with van der Waals surface area (Å²) in [6.45, 7) is 7.86. The third kappa shape index (κ3) is 3.69. The van der Waals surface area contributed by atoms with Crippen molar-refractivity contribution in [1.29, 1.82) is 0 Å². The van der Waals surface area contributed by atoms with Crippen molar-refractivity contribution >= 4 is 0 Å². The average Bonchev–Trinajstić information content (AvgIpc) is 2.35. The highest BCUT2D eigenvalue weighted by Crippen LogP contribution is 2.45. The van der Waals surface area contributed by atoms with E-state index >= 15 is 0 Å². The van der Waals surface area contributed by atoms with Crippen molar-refractivity contribution in [3.8, 4) is 0 Å². The molecular formula is C15H31NO. The van der Waals surface area contributed by atoms with E-state index in [1.807, 2.05) is 0 Å². The van der Waals surface area contributed by atoms with Gasteiger partial charge in [0.2, 0.25) is 0 Å². The molecule has 1 aliphatic rings. The third-order valence-corrected chi connectivity index (χ3v) is 4.66. The van der Waals surface area contributed by atoms with E-state index in [1.165, 1.54) is 44.9 Å². The predicted octanol–water partition coefficient (Wildman–Crippen LogP) is 3.75. The van der Waals surface area contributed by atoms with Crippen LogP contribution < -0.4 is 5.32 Å². The van der Waals surface area contributed by atoms with Gasteiger partial charge in [0.25, 0.3) is 0 Å². The van der Waals surface area contributed by atoms with Crippen molar-refractivity contribution in [2.75, 3.05) is 13.7 Å². The summed E-state index contributed by atoms with van der Waals surface area (Å²) in [7, 11) is 2.07. The zero-order valence-electron chi connectivity index (χ0n) is 12.2. The number of unbranched alkanes of at least 4 members (excludes halogenated alkanes) is 4. The number of rotatable bonds is 9. The van der Waals surface area contributed by atoms with Crippen molar-refractivity contribution in [1.82, 2.24) is 5.32 Å². The van der Waals surface area contributed by atoms with Gasteiger partial charge in [0.1, 0.15) is 0 Å². The van der Waals surface area contributed by atoms with Gasteiger partial charge in [0.15, 0.2) is 0 Å². The number of hydrogen-bond donors (Lipinski definition) is 1. The first-order chi connectivity index (χ1) is 8.19. The van der Waals surface area contributed by atoms with Gasteiger partial charge in [-0.15, -0.1) is 0 Å². The fourth-order valence-electron chi connectivity index (χ4n) is 2.93. The van der Waals surface area contributed by atoms with Gasteiger partial charge in [0, 0.05) is 18.1 Å². The Balaban J connectivity index is 2.12. The average molecular weight is 241 g/mol. The summed E-state index contributed by atoms with van der Waals surface area (Å²) in [5.41, 5.74) is 0.359. The number of ether oxygens (including phenoxy) is 1. The van der Waals surface area contributed by atoms with Crippen LogP contribution in [0.4, 0.5) is 0 Å². The van der Waals surface area contributed by atoms with Crippen LogP contribution in [0.3, 0.4) is 0 Å². The summed E-state index contributed by atoms with van der Waals surface area (Å²) >= 11 is 0. The molecule has 3 unspecified atom stereocenters. The molecule has 1 rings (SSSR count). The number of nitrogens with one attached hydrogen (secondary N) is 1. The van der Waals surface area contributed by atoms with Gasteiger partial charge < -0.3 is 10.1 Å². The van der Waals surface area contributed by atoms with E-state index in [2.05, 4.69) is 33.1 Å². The standard InChI is InChI=1S/C15H31NO/c1-5-7-8-9-10-11-17-14-12-13(16-4)15(14,3)6-2/h13-14,16H,5-12H2,1-4H3. The van der Waals surface area contributed by atoms with Gasteiger partial charge in [0.05, 0.1) is 6.10 Å². The van der Waals surface area contributed by atoms with E-state index in [4.69, 9.17) is 4.74 Å². The molecule has 0 saturated heterocycles. The lowest BCUT2D eigenvalue weighted by molar-refractivity contribution is -0.127. The lowest BCUT2D eigenvalue weighted by Crippen LogP contribution is -2.61. The molecule has 0 heterocycles. The van der Waals surface area contributed by atoms with Crippen LogP contribution in [0.15, 0.2) is 0 Å². The van der Waals surface area contributed by atoms with Crippen LogP contribution in [0.1, 0.15) is 65.7 Å². The predicted molar refractivity (Wildman–Crippen MR) is 74.4 cm³/mol. The molecule has 0 spiro atoms. The first-order valence-electron chi connectivity index (χ1n) is 7.47. The molecule has 1 fully saturated rings. The van der Waals surface area contributed by atoms with E-state index < -0.39 is 0 Å². The van der Waals surface area contributed by atoms with E-state index in [1.54, 1.807) is 0 Å². The van der Waals surface area contributed by atoms with Crippen LogP contribution in [-0.4, -0.2) is 25.8 Å². The van der Waals surface area contributed by atoms with Gasteiger partial charge >= 0.3 is 0 Å². The number of hydrogen-bond acceptors (Lipinski definition) is 2. The Hall–Kier alpha value is -0.0800. The molecule has 0 radical (unpaired) electrons. The molecule has 2 heteroatoms. The van der Waals surface area contributed by atoms with Gasteiger partial charge in [-0.2, -0.15) is 0 Å². The van der Waals surface area contributed by atoms with Crippen molar-refractivity contribution < 1.29 is 4.74 Å². The van der Waals surface area contributed by atoms with Crippen molar-refractivity contribution in [3.63, 3.8) is 0 Å². The highest BCUT2D eigenvalue weighted by Gasteiger charge is 2.50. The third-order valence-electron chi connectivity index (χ3n) is 4.66. The lowest BCUT2D eigenvalue weighted by atomic mass is 9.61. The largest absolute Gasteiger partial charge is 0.378 e. The van der Waals surface area contributed by atoms with Crippen molar-refractivity contribution in [3.05, 3.63) is 0 Å². The van der Waals surface area contributed by atoms with Gasteiger partial charge in [-0.05, 0) is 26.3 Å². The summed E-state index contributed by atoms with van der Waals surface area (Å²) in [6.07, 6.45) is 9.51. The zero-order chi connectivity index (χ0) is 12.7. The second-order valence-electron chi connectivity index (χ2n) is 5.71. The maximum absolute atomic E-state index is 6.06. The van der Waals surface area contributed by atoms with Gasteiger partial charge in [-0.25, -0.2) is 0 Å². The Kier molecular flexibility index (Phi) is 6.50.